The number of hydrogen-bond donors (Lipinski definition) is 8. The molecule has 0 saturated carbocycles. The Labute approximate surface area is 484 Å². The molecular weight excluding hydrogens is 1090 g/mol. The normalized spacial score (nSPS) is 11.2. The van der Waals surface area contributed by atoms with E-state index in [0.29, 0.717) is 160 Å². The van der Waals surface area contributed by atoms with Crippen LogP contribution in [0.15, 0.2) is 118 Å². The number of alkyl halides is 2. The molecule has 4 aliphatic rings. The van der Waals surface area contributed by atoms with Crippen LogP contribution >= 0.6 is 23.2 Å². The van der Waals surface area contributed by atoms with Gasteiger partial charge in [0.2, 0.25) is 0 Å². The number of rotatable bonds is 30. The number of fused-ring (bicyclic) bond motifs is 4. The van der Waals surface area contributed by atoms with Gasteiger partial charge in [0, 0.05) is 118 Å². The van der Waals surface area contributed by atoms with E-state index in [4.69, 9.17) is 73.3 Å². The van der Waals surface area contributed by atoms with Gasteiger partial charge in [-0.15, -0.1) is 23.2 Å². The third-order valence-corrected chi connectivity index (χ3v) is 13.8. The Morgan fingerprint density at radius 3 is 1.49 bits per heavy atom. The Bertz CT molecular complexity index is 3530. The molecule has 18 nitrogen and oxygen atoms in total. The molecule has 0 fully saturated rings. The highest BCUT2D eigenvalue weighted by Crippen LogP contribution is 2.43. The van der Waals surface area contributed by atoms with E-state index in [9.17, 15) is 29.4 Å². The molecule has 0 spiro atoms. The van der Waals surface area contributed by atoms with Crippen LogP contribution in [0.3, 0.4) is 0 Å². The monoisotopic (exact) mass is 1160 g/mol. The molecule has 4 aromatic rings. The summed E-state index contributed by atoms with van der Waals surface area (Å²) in [4.78, 5) is 50.5. The summed E-state index contributed by atoms with van der Waals surface area (Å²) >= 11 is 11.3. The van der Waals surface area contributed by atoms with Crippen molar-refractivity contribution in [2.24, 2.45) is 0 Å². The Kier molecular flexibility index (Phi) is 23.6. The molecule has 0 atom stereocenters. The van der Waals surface area contributed by atoms with E-state index in [2.05, 4.69) is 10.6 Å². The van der Waals surface area contributed by atoms with Crippen LogP contribution in [-0.2, 0) is 18.9 Å². The summed E-state index contributed by atoms with van der Waals surface area (Å²) < 4.78 is 34.2. The molecule has 2 aliphatic heterocycles. The van der Waals surface area contributed by atoms with E-state index in [1.807, 2.05) is 0 Å². The van der Waals surface area contributed by atoms with Crippen molar-refractivity contribution in [3.05, 3.63) is 142 Å². The van der Waals surface area contributed by atoms with Crippen LogP contribution in [0, 0.1) is 5.41 Å². The number of unbranched alkanes of at least 4 members (excludes halogenated alkanes) is 6. The first-order valence-electron chi connectivity index (χ1n) is 27.2. The lowest BCUT2D eigenvalue weighted by atomic mass is 9.89. The molecule has 0 saturated heterocycles. The molecule has 20 heteroatoms. The lowest BCUT2D eigenvalue weighted by Gasteiger charge is -2.17. The number of halogens is 2. The first kappa shape index (κ1) is 61.8. The van der Waals surface area contributed by atoms with Crippen LogP contribution in [0.25, 0.3) is 66.8 Å². The number of carboxylic acid groups (broad SMARTS) is 2. The number of carbonyl (C=O) groups is 4. The second kappa shape index (κ2) is 31.4. The maximum absolute atomic E-state index is 13.0. The number of amides is 2. The van der Waals surface area contributed by atoms with E-state index in [0.717, 1.165) is 51.4 Å². The summed E-state index contributed by atoms with van der Waals surface area (Å²) in [5.74, 6) is -0.751. The predicted octanol–water partition coefficient (Wildman–Crippen LogP) is 9.23. The summed E-state index contributed by atoms with van der Waals surface area (Å²) in [5, 5.41) is 41.8. The number of carboxylic acids is 2. The minimum atomic E-state index is -1.17. The van der Waals surface area contributed by atoms with Crippen LogP contribution in [0.2, 0.25) is 0 Å². The zero-order chi connectivity index (χ0) is 58.4. The van der Waals surface area contributed by atoms with Crippen LogP contribution in [-0.4, -0.2) is 112 Å². The lowest BCUT2D eigenvalue weighted by Crippen LogP contribution is -2.44. The van der Waals surface area contributed by atoms with E-state index in [-0.39, 0.29) is 34.5 Å². The Morgan fingerprint density at radius 1 is 0.488 bits per heavy atom. The highest BCUT2D eigenvalue weighted by atomic mass is 35.5. The molecule has 11 N–H and O–H groups in total. The SMILES string of the molecule is N=c1ccc2c(-c3ccc(C(=O)NCCOCCOCCCCCCCl)cc3C(=O)O)c3ccc(N)cc3oc-2c1.Nc1ccc2c(-c3cc(C(=O)NCCOCCOCCCCCCCl)ccc3C(=O)O)c3ccc(=[NH2+])cc-3oc2c1. The van der Waals surface area contributed by atoms with Gasteiger partial charge in [0.15, 0.2) is 5.36 Å². The largest absolute Gasteiger partial charge is 0.478 e. The number of nitrogens with two attached hydrogens (primary N) is 3. The fourth-order valence-corrected chi connectivity index (χ4v) is 9.57. The van der Waals surface area contributed by atoms with Gasteiger partial charge in [-0.2, -0.15) is 0 Å². The molecule has 82 heavy (non-hydrogen) atoms. The first-order chi connectivity index (χ1) is 39.8. The zero-order valence-electron chi connectivity index (χ0n) is 45.5. The van der Waals surface area contributed by atoms with Crippen molar-refractivity contribution in [1.29, 1.82) is 5.41 Å². The number of anilines is 2. The predicted molar refractivity (Wildman–Crippen MR) is 317 cm³/mol. The van der Waals surface area contributed by atoms with Gasteiger partial charge in [0.05, 0.1) is 62.2 Å². The molecule has 2 heterocycles. The summed E-state index contributed by atoms with van der Waals surface area (Å²) in [6.07, 6.45) is 8.48. The van der Waals surface area contributed by atoms with Gasteiger partial charge in [0.25, 0.3) is 11.8 Å². The molecule has 0 aromatic heterocycles. The second-order valence-corrected chi connectivity index (χ2v) is 20.0. The van der Waals surface area contributed by atoms with Gasteiger partial charge in [-0.3, -0.25) is 15.0 Å². The summed E-state index contributed by atoms with van der Waals surface area (Å²) in [6.45, 7) is 4.41. The average molecular weight is 1160 g/mol. The number of ether oxygens (including phenoxy) is 4. The van der Waals surface area contributed by atoms with Crippen molar-refractivity contribution in [2.45, 2.75) is 51.4 Å². The molecule has 8 rings (SSSR count). The van der Waals surface area contributed by atoms with Crippen molar-refractivity contribution >= 4 is 80.3 Å². The number of carbonyl (C=O) groups excluding carboxylic acids is 2. The Hall–Kier alpha value is -7.84. The molecule has 432 valence electrons. The quantitative estimate of drug-likeness (QED) is 0.00901. The number of hydrogen-bond acceptors (Lipinski definition) is 13. The maximum Gasteiger partial charge on any atom is 0.336 e. The number of nitrogen functional groups attached to an aromatic ring is 2. The molecular formula is C62H69Cl2N6O12+. The zero-order valence-corrected chi connectivity index (χ0v) is 47.0. The first-order valence-corrected chi connectivity index (χ1v) is 28.2. The molecule has 2 amide bonds. The van der Waals surface area contributed by atoms with E-state index in [1.165, 1.54) is 18.2 Å². The van der Waals surface area contributed by atoms with Gasteiger partial charge < -0.3 is 65.5 Å². The maximum atomic E-state index is 13.0. The summed E-state index contributed by atoms with van der Waals surface area (Å²) in [6, 6.07) is 29.5. The van der Waals surface area contributed by atoms with E-state index in [1.54, 1.807) is 91.0 Å². The topological polar surface area (TPSA) is 297 Å². The van der Waals surface area contributed by atoms with Crippen LogP contribution in [0.1, 0.15) is 92.8 Å². The van der Waals surface area contributed by atoms with Crippen molar-refractivity contribution in [2.75, 3.05) is 89.2 Å². The standard InChI is InChI=1S/2C31H34ClN3O6/c32-11-3-1-2-4-13-39-15-16-40-14-12-35-30(36)20-5-8-23(31(37)38)26(17-20)29-24-9-6-21(33)18-27(24)41-28-19-22(34)7-10-25(28)29;32-11-3-1-2-4-13-39-15-16-40-14-12-35-30(36)20-5-8-23(26(17-20)31(37)38)29-24-9-6-21(33)18-27(24)41-28-19-22(34)7-10-25(28)29/h2*5-10,17-19,33H,1-4,11-16,34H2,(H,35,36)(H,37,38)/p+1. The molecule has 0 radical (unpaired) electrons. The Balaban J connectivity index is 0.000000236. The molecule has 2 aliphatic carbocycles. The van der Waals surface area contributed by atoms with E-state index < -0.39 is 17.8 Å². The number of nitrogens with one attached hydrogen (secondary N) is 3. The highest BCUT2D eigenvalue weighted by Gasteiger charge is 2.25. The number of benzene rings is 6. The highest BCUT2D eigenvalue weighted by molar-refractivity contribution is 6.18. The van der Waals surface area contributed by atoms with Crippen molar-refractivity contribution in [1.82, 2.24) is 10.6 Å². The van der Waals surface area contributed by atoms with Crippen LogP contribution in [0.4, 0.5) is 11.4 Å². The van der Waals surface area contributed by atoms with Crippen LogP contribution < -0.4 is 38.2 Å². The third kappa shape index (κ3) is 17.1. The number of aromatic carboxylic acids is 2. The molecule has 0 bridgehead atoms. The van der Waals surface area contributed by atoms with Crippen molar-refractivity contribution in [3.8, 4) is 44.9 Å². The Morgan fingerprint density at radius 2 is 0.951 bits per heavy atom. The fourth-order valence-electron chi connectivity index (χ4n) is 9.20. The third-order valence-electron chi connectivity index (χ3n) is 13.2. The minimum absolute atomic E-state index is 0.0331. The van der Waals surface area contributed by atoms with Crippen molar-refractivity contribution < 1.29 is 62.6 Å². The van der Waals surface area contributed by atoms with Crippen LogP contribution in [0.5, 0.6) is 0 Å². The second-order valence-electron chi connectivity index (χ2n) is 19.2. The van der Waals surface area contributed by atoms with Gasteiger partial charge in [0.1, 0.15) is 22.7 Å². The van der Waals surface area contributed by atoms with E-state index >= 15 is 0 Å². The summed E-state index contributed by atoms with van der Waals surface area (Å²) in [5.41, 5.74) is 17.8. The smallest absolute Gasteiger partial charge is 0.336 e. The fraction of sp³-hybridized carbons (Fsp3) is 0.323. The van der Waals surface area contributed by atoms with Crippen molar-refractivity contribution in [3.63, 3.8) is 0 Å². The summed E-state index contributed by atoms with van der Waals surface area (Å²) in [7, 11) is 0. The van der Waals surface area contributed by atoms with Gasteiger partial charge in [-0.05, 0) is 110 Å². The lowest BCUT2D eigenvalue weighted by molar-refractivity contribution is -0.172. The van der Waals surface area contributed by atoms with Gasteiger partial charge in [-0.1, -0.05) is 31.7 Å². The minimum Gasteiger partial charge on any atom is -0.478 e. The average Bonchev–Trinajstić information content (AvgIpc) is 1.96. The van der Waals surface area contributed by atoms with Gasteiger partial charge in [-0.25, -0.2) is 9.59 Å². The molecule has 0 unspecified atom stereocenters. The van der Waals surface area contributed by atoms with Gasteiger partial charge >= 0.3 is 11.9 Å². The molecule has 4 aromatic carbocycles.